The van der Waals surface area contributed by atoms with Gasteiger partial charge in [-0.3, -0.25) is 14.7 Å². The summed E-state index contributed by atoms with van der Waals surface area (Å²) in [5, 5.41) is 13.1. The molecule has 0 unspecified atom stereocenters. The van der Waals surface area contributed by atoms with Gasteiger partial charge in [0, 0.05) is 13.1 Å². The Labute approximate surface area is 85.6 Å². The fraction of sp³-hybridized carbons (Fsp3) is 0.143. The number of benzene rings is 1. The van der Waals surface area contributed by atoms with Gasteiger partial charge in [-0.25, -0.2) is 0 Å². The van der Waals surface area contributed by atoms with Gasteiger partial charge in [0.2, 0.25) is 0 Å². The first kappa shape index (κ1) is 11.4. The minimum Gasteiger partial charge on any atom is -0.383 e. The molecule has 0 aliphatic carbocycles. The van der Waals surface area contributed by atoms with Gasteiger partial charge in [-0.1, -0.05) is 0 Å². The molecule has 0 aromatic heterocycles. The molecule has 0 heterocycles. The Morgan fingerprint density at radius 3 is 2.47 bits per heavy atom. The van der Waals surface area contributed by atoms with Crippen LogP contribution in [-0.4, -0.2) is 24.9 Å². The van der Waals surface area contributed by atoms with E-state index in [1.165, 1.54) is 13.1 Å². The third-order valence-electron chi connectivity index (χ3n) is 1.73. The molecule has 0 amide bonds. The molecule has 0 aliphatic rings. The summed E-state index contributed by atoms with van der Waals surface area (Å²) in [5.74, 6) is 0. The van der Waals surface area contributed by atoms with Crippen molar-refractivity contribution < 1.29 is 17.9 Å². The van der Waals surface area contributed by atoms with Gasteiger partial charge in [-0.2, -0.15) is 8.42 Å². The summed E-state index contributed by atoms with van der Waals surface area (Å²) < 4.78 is 30.1. The van der Waals surface area contributed by atoms with Crippen LogP contribution in [0.15, 0.2) is 23.1 Å². The summed E-state index contributed by atoms with van der Waals surface area (Å²) >= 11 is 0. The van der Waals surface area contributed by atoms with Crippen molar-refractivity contribution in [3.63, 3.8) is 0 Å². The summed E-state index contributed by atoms with van der Waals surface area (Å²) in [5.41, 5.74) is -0.236. The van der Waals surface area contributed by atoms with Gasteiger partial charge < -0.3 is 5.32 Å². The van der Waals surface area contributed by atoms with Crippen LogP contribution in [0.25, 0.3) is 0 Å². The third kappa shape index (κ3) is 2.42. The van der Waals surface area contributed by atoms with E-state index in [2.05, 4.69) is 5.32 Å². The van der Waals surface area contributed by atoms with Gasteiger partial charge >= 0.3 is 0 Å². The first-order chi connectivity index (χ1) is 6.86. The molecular formula is C7H8N2O5S. The quantitative estimate of drug-likeness (QED) is 0.455. The van der Waals surface area contributed by atoms with Gasteiger partial charge in [0.25, 0.3) is 15.8 Å². The van der Waals surface area contributed by atoms with Gasteiger partial charge in [0.1, 0.15) is 10.6 Å². The van der Waals surface area contributed by atoms with Crippen LogP contribution < -0.4 is 5.32 Å². The topological polar surface area (TPSA) is 110 Å². The molecule has 1 rings (SSSR count). The number of hydrogen-bond acceptors (Lipinski definition) is 5. The lowest BCUT2D eigenvalue weighted by Gasteiger charge is -2.02. The first-order valence-corrected chi connectivity index (χ1v) is 5.24. The van der Waals surface area contributed by atoms with Crippen molar-refractivity contribution in [2.75, 3.05) is 12.4 Å². The Kier molecular flexibility index (Phi) is 2.91. The lowest BCUT2D eigenvalue weighted by Crippen LogP contribution is -2.02. The second kappa shape index (κ2) is 3.83. The highest BCUT2D eigenvalue weighted by Gasteiger charge is 2.18. The first-order valence-electron chi connectivity index (χ1n) is 3.80. The van der Waals surface area contributed by atoms with E-state index in [9.17, 15) is 18.5 Å². The molecule has 0 fully saturated rings. The molecule has 1 aromatic rings. The lowest BCUT2D eigenvalue weighted by molar-refractivity contribution is -0.384. The highest BCUT2D eigenvalue weighted by atomic mass is 32.2. The molecule has 1 aromatic carbocycles. The van der Waals surface area contributed by atoms with Crippen LogP contribution in [0.3, 0.4) is 0 Å². The number of nitrogens with zero attached hydrogens (tertiary/aromatic N) is 1. The SMILES string of the molecule is CNc1ccc(S(=O)(=O)O)cc1[N+](=O)[O-]. The predicted octanol–water partition coefficient (Wildman–Crippen LogP) is 0.883. The second-order valence-electron chi connectivity index (χ2n) is 2.66. The molecular weight excluding hydrogens is 224 g/mol. The smallest absolute Gasteiger partial charge is 0.294 e. The van der Waals surface area contributed by atoms with Crippen LogP contribution in [0.4, 0.5) is 11.4 Å². The normalized spacial score (nSPS) is 11.1. The Hall–Kier alpha value is -1.67. The summed E-state index contributed by atoms with van der Waals surface area (Å²) in [6.07, 6.45) is 0. The zero-order valence-electron chi connectivity index (χ0n) is 7.67. The van der Waals surface area contributed by atoms with Gasteiger partial charge in [-0.15, -0.1) is 0 Å². The number of anilines is 1. The average molecular weight is 232 g/mol. The predicted molar refractivity (Wildman–Crippen MR) is 52.5 cm³/mol. The molecule has 15 heavy (non-hydrogen) atoms. The molecule has 0 saturated carbocycles. The van der Waals surface area contributed by atoms with E-state index in [0.717, 1.165) is 12.1 Å². The molecule has 2 N–H and O–H groups in total. The largest absolute Gasteiger partial charge is 0.383 e. The summed E-state index contributed by atoms with van der Waals surface area (Å²) in [7, 11) is -2.95. The average Bonchev–Trinajstić information content (AvgIpc) is 2.15. The van der Waals surface area contributed by atoms with Crippen molar-refractivity contribution in [1.82, 2.24) is 0 Å². The van der Waals surface area contributed by atoms with Crippen LogP contribution in [-0.2, 0) is 10.1 Å². The van der Waals surface area contributed by atoms with E-state index < -0.39 is 25.6 Å². The number of nitro groups is 1. The standard InChI is InChI=1S/C7H8N2O5S/c1-8-6-3-2-5(15(12,13)14)4-7(6)9(10)11/h2-4,8H,1H3,(H,12,13,14). The third-order valence-corrected chi connectivity index (χ3v) is 2.58. The Morgan fingerprint density at radius 2 is 2.07 bits per heavy atom. The summed E-state index contributed by atoms with van der Waals surface area (Å²) in [6.45, 7) is 0. The molecule has 0 bridgehead atoms. The minimum absolute atomic E-state index is 0.174. The van der Waals surface area contributed by atoms with Crippen molar-refractivity contribution in [1.29, 1.82) is 0 Å². The van der Waals surface area contributed by atoms with E-state index in [4.69, 9.17) is 4.55 Å². The number of nitro benzene ring substituents is 1. The number of nitrogens with one attached hydrogen (secondary N) is 1. The van der Waals surface area contributed by atoms with Crippen molar-refractivity contribution in [2.24, 2.45) is 0 Å². The molecule has 7 nitrogen and oxygen atoms in total. The van der Waals surface area contributed by atoms with Crippen molar-refractivity contribution in [2.45, 2.75) is 4.90 Å². The van der Waals surface area contributed by atoms with Crippen molar-refractivity contribution >= 4 is 21.5 Å². The maximum Gasteiger partial charge on any atom is 0.294 e. The van der Waals surface area contributed by atoms with Gasteiger partial charge in [-0.05, 0) is 12.1 Å². The van der Waals surface area contributed by atoms with Crippen LogP contribution in [0, 0.1) is 10.1 Å². The molecule has 0 radical (unpaired) electrons. The molecule has 0 spiro atoms. The van der Waals surface area contributed by atoms with Crippen LogP contribution in [0.2, 0.25) is 0 Å². The van der Waals surface area contributed by atoms with E-state index in [1.54, 1.807) is 0 Å². The van der Waals surface area contributed by atoms with E-state index in [1.807, 2.05) is 0 Å². The molecule has 0 atom stereocenters. The molecule has 0 saturated heterocycles. The maximum absolute atomic E-state index is 10.7. The van der Waals surface area contributed by atoms with Crippen molar-refractivity contribution in [3.8, 4) is 0 Å². The highest BCUT2D eigenvalue weighted by Crippen LogP contribution is 2.26. The lowest BCUT2D eigenvalue weighted by atomic mass is 10.3. The summed E-state index contributed by atoms with van der Waals surface area (Å²) in [4.78, 5) is 9.31. The fourth-order valence-corrected chi connectivity index (χ4v) is 1.53. The zero-order valence-corrected chi connectivity index (χ0v) is 8.48. The second-order valence-corrected chi connectivity index (χ2v) is 4.08. The summed E-state index contributed by atoms with van der Waals surface area (Å²) in [6, 6.07) is 3.08. The number of rotatable bonds is 3. The molecule has 0 aliphatic heterocycles. The molecule has 8 heteroatoms. The van der Waals surface area contributed by atoms with Crippen LogP contribution in [0.1, 0.15) is 0 Å². The maximum atomic E-state index is 10.7. The van der Waals surface area contributed by atoms with Crippen LogP contribution >= 0.6 is 0 Å². The van der Waals surface area contributed by atoms with E-state index >= 15 is 0 Å². The molecule has 82 valence electrons. The monoisotopic (exact) mass is 232 g/mol. The minimum atomic E-state index is -4.42. The zero-order chi connectivity index (χ0) is 11.6. The van der Waals surface area contributed by atoms with Crippen LogP contribution in [0.5, 0.6) is 0 Å². The Bertz CT molecular complexity index is 496. The Morgan fingerprint density at radius 1 is 1.47 bits per heavy atom. The van der Waals surface area contributed by atoms with E-state index in [-0.39, 0.29) is 5.69 Å². The Balaban J connectivity index is 3.42. The van der Waals surface area contributed by atoms with Crippen molar-refractivity contribution in [3.05, 3.63) is 28.3 Å². The highest BCUT2D eigenvalue weighted by molar-refractivity contribution is 7.85. The van der Waals surface area contributed by atoms with E-state index in [0.29, 0.717) is 0 Å². The van der Waals surface area contributed by atoms with Gasteiger partial charge in [0.15, 0.2) is 0 Å². The fourth-order valence-electron chi connectivity index (χ4n) is 1.03. The number of hydrogen-bond donors (Lipinski definition) is 2. The van der Waals surface area contributed by atoms with Gasteiger partial charge in [0.05, 0.1) is 4.92 Å².